The molecule has 2 aromatic carbocycles. The summed E-state index contributed by atoms with van der Waals surface area (Å²) in [6.45, 7) is 3.91. The largest absolute Gasteiger partial charge is 0.398 e. The van der Waals surface area contributed by atoms with Gasteiger partial charge in [0.2, 0.25) is 0 Å². The van der Waals surface area contributed by atoms with E-state index in [2.05, 4.69) is 0 Å². The number of pyridine rings is 2. The van der Waals surface area contributed by atoms with Gasteiger partial charge in [0.15, 0.2) is 0 Å². The van der Waals surface area contributed by atoms with Crippen molar-refractivity contribution >= 4 is 51.5 Å². The van der Waals surface area contributed by atoms with Gasteiger partial charge in [0, 0.05) is 39.2 Å². The molecule has 2 N–H and O–H groups in total. The number of aromatic nitrogens is 2. The van der Waals surface area contributed by atoms with Crippen LogP contribution in [0.15, 0.2) is 53.3 Å². The van der Waals surface area contributed by atoms with Crippen LogP contribution in [-0.4, -0.2) is 9.55 Å². The van der Waals surface area contributed by atoms with Gasteiger partial charge in [0.1, 0.15) is 5.65 Å². The molecule has 0 aliphatic rings. The average Bonchev–Trinajstić information content (AvgIpc) is 2.72. The van der Waals surface area contributed by atoms with Crippen molar-refractivity contribution in [2.75, 3.05) is 5.73 Å². The second-order valence-electron chi connectivity index (χ2n) is 7.73. The number of benzene rings is 2. The Morgan fingerprint density at radius 1 is 0.935 bits per heavy atom. The maximum atomic E-state index is 13.0. The fraction of sp³-hybridized carbons (Fsp3) is 0.167. The molecular formula is C24H20Cl3N3O. The van der Waals surface area contributed by atoms with Gasteiger partial charge in [-0.15, -0.1) is 0 Å². The number of hydrogen-bond acceptors (Lipinski definition) is 3. The van der Waals surface area contributed by atoms with Gasteiger partial charge in [-0.1, -0.05) is 60.8 Å². The number of nitrogen functional groups attached to an aromatic ring is 1. The molecular weight excluding hydrogens is 453 g/mol. The van der Waals surface area contributed by atoms with Crippen LogP contribution in [0.4, 0.5) is 5.69 Å². The lowest BCUT2D eigenvalue weighted by Crippen LogP contribution is -2.25. The minimum atomic E-state index is -0.153. The zero-order valence-electron chi connectivity index (χ0n) is 17.2. The Hall–Kier alpha value is -2.53. The van der Waals surface area contributed by atoms with E-state index in [-0.39, 0.29) is 11.5 Å². The first-order valence-corrected chi connectivity index (χ1v) is 10.9. The minimum Gasteiger partial charge on any atom is -0.398 e. The summed E-state index contributed by atoms with van der Waals surface area (Å²) in [6.07, 6.45) is 0. The van der Waals surface area contributed by atoms with Crippen molar-refractivity contribution in [2.24, 2.45) is 7.05 Å². The van der Waals surface area contributed by atoms with E-state index in [1.165, 1.54) is 0 Å². The molecule has 0 atom stereocenters. The van der Waals surface area contributed by atoms with Gasteiger partial charge in [-0.25, -0.2) is 4.98 Å². The lowest BCUT2D eigenvalue weighted by molar-refractivity contribution is 0.800. The van der Waals surface area contributed by atoms with Crippen LogP contribution in [0.3, 0.4) is 0 Å². The number of aryl methyl sites for hydroxylation is 1. The van der Waals surface area contributed by atoms with Crippen LogP contribution in [0, 0.1) is 0 Å². The second-order valence-corrected chi connectivity index (χ2v) is 9.01. The standard InChI is InChI=1S/C24H20Cl3N3O/c1-12(2)20-21(28)18-11-17(13-4-6-14(25)7-5-13)22(29-23(18)30(3)24(20)31)16-9-8-15(26)10-19(16)27/h4-12H,28H2,1-3H3. The summed E-state index contributed by atoms with van der Waals surface area (Å²) in [6, 6.07) is 14.7. The smallest absolute Gasteiger partial charge is 0.257 e. The van der Waals surface area contributed by atoms with Gasteiger partial charge in [-0.3, -0.25) is 9.36 Å². The van der Waals surface area contributed by atoms with E-state index in [4.69, 9.17) is 45.5 Å². The van der Waals surface area contributed by atoms with Crippen molar-refractivity contribution < 1.29 is 0 Å². The molecule has 4 aromatic rings. The van der Waals surface area contributed by atoms with Gasteiger partial charge in [0.25, 0.3) is 5.56 Å². The summed E-state index contributed by atoms with van der Waals surface area (Å²) < 4.78 is 1.54. The summed E-state index contributed by atoms with van der Waals surface area (Å²) in [4.78, 5) is 17.9. The predicted octanol–water partition coefficient (Wildman–Crippen LogP) is 6.93. The van der Waals surface area contributed by atoms with Gasteiger partial charge in [-0.2, -0.15) is 0 Å². The Bertz CT molecular complexity index is 1380. The third-order valence-electron chi connectivity index (χ3n) is 5.35. The summed E-state index contributed by atoms with van der Waals surface area (Å²) in [7, 11) is 1.71. The van der Waals surface area contributed by atoms with Crippen LogP contribution in [0.5, 0.6) is 0 Å². The highest BCUT2D eigenvalue weighted by atomic mass is 35.5. The molecule has 4 rings (SSSR count). The highest BCUT2D eigenvalue weighted by Crippen LogP contribution is 2.39. The molecule has 0 saturated carbocycles. The van der Waals surface area contributed by atoms with E-state index in [9.17, 15) is 4.79 Å². The van der Waals surface area contributed by atoms with Crippen molar-refractivity contribution in [1.29, 1.82) is 0 Å². The first-order valence-electron chi connectivity index (χ1n) is 9.73. The highest BCUT2D eigenvalue weighted by Gasteiger charge is 2.21. The molecule has 2 aromatic heterocycles. The molecule has 7 heteroatoms. The summed E-state index contributed by atoms with van der Waals surface area (Å²) in [5.41, 5.74) is 10.9. The van der Waals surface area contributed by atoms with E-state index in [1.807, 2.05) is 50.2 Å². The van der Waals surface area contributed by atoms with E-state index >= 15 is 0 Å². The van der Waals surface area contributed by atoms with Gasteiger partial charge in [-0.05, 0) is 47.9 Å². The zero-order valence-corrected chi connectivity index (χ0v) is 19.5. The fourth-order valence-electron chi connectivity index (χ4n) is 3.79. The second kappa shape index (κ2) is 8.19. The van der Waals surface area contributed by atoms with Gasteiger partial charge < -0.3 is 5.73 Å². The summed E-state index contributed by atoms with van der Waals surface area (Å²) >= 11 is 18.7. The van der Waals surface area contributed by atoms with E-state index in [1.54, 1.807) is 23.7 Å². The van der Waals surface area contributed by atoms with Crippen LogP contribution in [0.25, 0.3) is 33.4 Å². The van der Waals surface area contributed by atoms with E-state index < -0.39 is 0 Å². The van der Waals surface area contributed by atoms with Crippen molar-refractivity contribution in [3.63, 3.8) is 0 Å². The lowest BCUT2D eigenvalue weighted by atomic mass is 9.95. The van der Waals surface area contributed by atoms with Crippen molar-refractivity contribution in [3.8, 4) is 22.4 Å². The lowest BCUT2D eigenvalue weighted by Gasteiger charge is -2.18. The molecule has 0 aliphatic carbocycles. The molecule has 0 bridgehead atoms. The van der Waals surface area contributed by atoms with Crippen LogP contribution in [0.2, 0.25) is 15.1 Å². The first-order chi connectivity index (χ1) is 14.7. The molecule has 0 aliphatic heterocycles. The third-order valence-corrected chi connectivity index (χ3v) is 6.15. The predicted molar refractivity (Wildman–Crippen MR) is 131 cm³/mol. The highest BCUT2D eigenvalue weighted by molar-refractivity contribution is 6.36. The Morgan fingerprint density at radius 3 is 2.19 bits per heavy atom. The fourth-order valence-corrected chi connectivity index (χ4v) is 4.41. The number of halogens is 3. The molecule has 4 nitrogen and oxygen atoms in total. The van der Waals surface area contributed by atoms with E-state index in [0.29, 0.717) is 48.6 Å². The first kappa shape index (κ1) is 21.7. The summed E-state index contributed by atoms with van der Waals surface area (Å²) in [5, 5.41) is 2.34. The van der Waals surface area contributed by atoms with Crippen LogP contribution in [-0.2, 0) is 7.05 Å². The SMILES string of the molecule is CC(C)c1c(N)c2cc(-c3ccc(Cl)cc3)c(-c3ccc(Cl)cc3Cl)nc2n(C)c1=O. The van der Waals surface area contributed by atoms with E-state index in [0.717, 1.165) is 11.1 Å². The van der Waals surface area contributed by atoms with Gasteiger partial charge >= 0.3 is 0 Å². The maximum absolute atomic E-state index is 13.0. The number of hydrogen-bond donors (Lipinski definition) is 1. The quantitative estimate of drug-likeness (QED) is 0.351. The van der Waals surface area contributed by atoms with Crippen LogP contribution >= 0.6 is 34.8 Å². The maximum Gasteiger partial charge on any atom is 0.257 e. The molecule has 0 amide bonds. The molecule has 158 valence electrons. The number of nitrogens with zero attached hydrogens (tertiary/aromatic N) is 2. The van der Waals surface area contributed by atoms with Crippen LogP contribution in [0.1, 0.15) is 25.3 Å². The molecule has 0 fully saturated rings. The zero-order chi connectivity index (χ0) is 22.4. The number of fused-ring (bicyclic) bond motifs is 1. The third kappa shape index (κ3) is 3.80. The number of anilines is 1. The van der Waals surface area contributed by atoms with Crippen molar-refractivity contribution in [3.05, 3.63) is 79.5 Å². The minimum absolute atomic E-state index is 0.0209. The van der Waals surface area contributed by atoms with Gasteiger partial charge in [0.05, 0.1) is 16.4 Å². The molecule has 0 unspecified atom stereocenters. The Balaban J connectivity index is 2.16. The molecule has 31 heavy (non-hydrogen) atoms. The number of nitrogens with two attached hydrogens (primary N) is 1. The Labute approximate surface area is 195 Å². The summed E-state index contributed by atoms with van der Waals surface area (Å²) in [5.74, 6) is -0.0209. The molecule has 0 radical (unpaired) electrons. The molecule has 2 heterocycles. The monoisotopic (exact) mass is 471 g/mol. The Kier molecular flexibility index (Phi) is 5.73. The topological polar surface area (TPSA) is 60.9 Å². The normalized spacial score (nSPS) is 11.5. The van der Waals surface area contributed by atoms with Crippen molar-refractivity contribution in [2.45, 2.75) is 19.8 Å². The molecule has 0 spiro atoms. The number of rotatable bonds is 3. The molecule has 0 saturated heterocycles. The Morgan fingerprint density at radius 2 is 1.58 bits per heavy atom. The van der Waals surface area contributed by atoms with Crippen LogP contribution < -0.4 is 11.3 Å². The average molecular weight is 473 g/mol. The van der Waals surface area contributed by atoms with Crippen molar-refractivity contribution in [1.82, 2.24) is 9.55 Å².